The number of H-pyrrole nitrogens is 4. The van der Waals surface area contributed by atoms with Crippen LogP contribution in [-0.4, -0.2) is 260 Å². The average molecular weight is 1640 g/mol. The van der Waals surface area contributed by atoms with Gasteiger partial charge in [-0.2, -0.15) is 0 Å². The molecule has 8 saturated heterocycles. The van der Waals surface area contributed by atoms with E-state index in [0.29, 0.717) is 49.5 Å². The van der Waals surface area contributed by atoms with Crippen LogP contribution in [0.2, 0.25) is 0 Å². The molecule has 0 radical (unpaired) electrons. The normalized spacial score (nSPS) is 25.2. The molecule has 24 nitrogen and oxygen atoms in total. The van der Waals surface area contributed by atoms with E-state index in [1.807, 2.05) is 43.6 Å². The summed E-state index contributed by atoms with van der Waals surface area (Å²) in [5, 5.41) is 0. The topological polar surface area (TPSA) is 205 Å². The lowest BCUT2D eigenvalue weighted by Gasteiger charge is -2.39. The second-order valence-electron chi connectivity index (χ2n) is 35.0. The molecule has 0 amide bonds. The first kappa shape index (κ1) is 72.8. The molecule has 24 heteroatoms. The van der Waals surface area contributed by atoms with Crippen LogP contribution in [0.3, 0.4) is 0 Å². The number of anilines is 4. The summed E-state index contributed by atoms with van der Waals surface area (Å²) in [7, 11) is 13.0. The zero-order valence-corrected chi connectivity index (χ0v) is 72.4. The number of nitrogens with zero attached hydrogens (tertiary/aromatic N) is 20. The summed E-state index contributed by atoms with van der Waals surface area (Å²) < 4.78 is 72.1. The van der Waals surface area contributed by atoms with Crippen LogP contribution in [0.5, 0.6) is 0 Å². The minimum atomic E-state index is -2.25. The van der Waals surface area contributed by atoms with Crippen molar-refractivity contribution in [1.82, 2.24) is 99.0 Å². The number of hydrogen-bond donors (Lipinski definition) is 4. The summed E-state index contributed by atoms with van der Waals surface area (Å²) in [6.07, 6.45) is 20.4. The van der Waals surface area contributed by atoms with E-state index in [9.17, 15) is 0 Å². The molecule has 8 aliphatic heterocycles. The summed E-state index contributed by atoms with van der Waals surface area (Å²) in [4.78, 5) is 80.4. The molecule has 121 heavy (non-hydrogen) atoms. The van der Waals surface area contributed by atoms with Crippen LogP contribution < -0.4 is 19.6 Å². The van der Waals surface area contributed by atoms with Crippen molar-refractivity contribution in [1.29, 1.82) is 0 Å². The number of likely N-dealkylation sites (tertiary alicyclic amines) is 4. The largest absolute Gasteiger partial charge is 0.367 e. The number of aryl methyl sites for hydroxylation is 4. The second-order valence-corrected chi connectivity index (χ2v) is 35.0. The highest BCUT2D eigenvalue weighted by Gasteiger charge is 2.39. The molecular formula is C97H130N24. The van der Waals surface area contributed by atoms with Gasteiger partial charge >= 0.3 is 0 Å². The highest BCUT2D eigenvalue weighted by Crippen LogP contribution is 2.46. The lowest BCUT2D eigenvalue weighted by molar-refractivity contribution is 0.106. The molecule has 8 atom stereocenters. The van der Waals surface area contributed by atoms with E-state index in [2.05, 4.69) is 220 Å². The van der Waals surface area contributed by atoms with E-state index in [1.54, 1.807) is 34.3 Å². The molecule has 4 N–H and O–H groups in total. The Labute approximate surface area is 729 Å². The molecule has 20 rings (SSSR count). The number of rotatable bonds is 13. The Morgan fingerprint density at radius 3 is 0.901 bits per heavy atom. The molecule has 0 spiro atoms. The fraction of sp³-hybridized carbons (Fsp3) is 0.505. The van der Waals surface area contributed by atoms with Gasteiger partial charge in [0.2, 0.25) is 0 Å². The number of piperazine rings is 4. The number of pyridine rings is 4. The minimum Gasteiger partial charge on any atom is -0.367 e. The Morgan fingerprint density at radius 2 is 0.587 bits per heavy atom. The molecule has 8 aromatic heterocycles. The van der Waals surface area contributed by atoms with Crippen molar-refractivity contribution in [3.63, 3.8) is 0 Å². The van der Waals surface area contributed by atoms with E-state index < -0.39 is 20.8 Å². The van der Waals surface area contributed by atoms with Gasteiger partial charge < -0.3 is 59.1 Å². The smallest absolute Gasteiger partial charge is 0.124 e. The fourth-order valence-electron chi connectivity index (χ4n) is 20.2. The van der Waals surface area contributed by atoms with Crippen LogP contribution in [0, 0.1) is 20.7 Å². The number of imidazole rings is 4. The Morgan fingerprint density at radius 1 is 0.306 bits per heavy atom. The van der Waals surface area contributed by atoms with E-state index in [1.165, 1.54) is 34.6 Å². The molecular weight excluding hydrogens is 1500 g/mol. The van der Waals surface area contributed by atoms with Crippen molar-refractivity contribution in [2.45, 2.75) is 159 Å². The van der Waals surface area contributed by atoms with Gasteiger partial charge in [-0.3, -0.25) is 39.5 Å². The summed E-state index contributed by atoms with van der Waals surface area (Å²) >= 11 is 0. The first-order valence-corrected chi connectivity index (χ1v) is 44.5. The van der Waals surface area contributed by atoms with Crippen molar-refractivity contribution in [3.8, 4) is 0 Å². The van der Waals surface area contributed by atoms with Crippen LogP contribution in [0.25, 0.3) is 44.1 Å². The molecule has 0 saturated carbocycles. The number of likely N-dealkylation sites (N-methyl/N-ethyl adjacent to an activating group) is 4. The third kappa shape index (κ3) is 18.0. The van der Waals surface area contributed by atoms with Crippen LogP contribution in [0.4, 0.5) is 22.7 Å². The van der Waals surface area contributed by atoms with Gasteiger partial charge in [0, 0.05) is 142 Å². The Balaban J connectivity index is 0.000000121. The standard InChI is InChI=1S/C25H34N6.3C24H32N6/c1-4-18-8-7-13-26-23(18)20-10-6-12-22(30(20)3)25-27-19-9-5-11-21(24(19)28-25)31-16-14-29(2)15-17-31;3*1-17-7-6-12-25-22(17)19-9-5-11-21(29(19)3)24-26-18-8-4-10-20(23(18)27-24)30-15-13-28(2)14-16-30/h5,7-9,11,13,20,22H,4,6,10,12,14-17H2,1-3H3,(H,27,28);3*4,6-8,10,12,19,21H,5,9,11,13-16H2,1-3H3,(H,26,27)/t20-,22+;3*19-,21+/m0000/s1/i;3D3;2D3;1D3. The molecule has 16 heterocycles. The zero-order chi connectivity index (χ0) is 90.9. The molecule has 0 unspecified atom stereocenters. The van der Waals surface area contributed by atoms with E-state index in [0.717, 1.165) is 251 Å². The third-order valence-electron chi connectivity index (χ3n) is 27.4. The lowest BCUT2D eigenvalue weighted by atomic mass is 9.91. The van der Waals surface area contributed by atoms with Crippen LogP contribution >= 0.6 is 0 Å². The van der Waals surface area contributed by atoms with Crippen molar-refractivity contribution < 1.29 is 12.3 Å². The molecule has 4 aromatic carbocycles. The average Bonchev–Trinajstić information content (AvgIpc) is 1.62. The molecule has 12 aromatic rings. The molecule has 0 bridgehead atoms. The zero-order valence-electron chi connectivity index (χ0n) is 81.4. The first-order valence-electron chi connectivity index (χ1n) is 49.0. The number of hydrogen-bond acceptors (Lipinski definition) is 20. The Hall–Kier alpha value is -9.76. The van der Waals surface area contributed by atoms with Gasteiger partial charge in [-0.1, -0.05) is 55.5 Å². The lowest BCUT2D eigenvalue weighted by Crippen LogP contribution is -2.44. The maximum absolute atomic E-state index is 8.39. The number of benzene rings is 4. The predicted molar refractivity (Wildman–Crippen MR) is 492 cm³/mol. The van der Waals surface area contributed by atoms with Crippen molar-refractivity contribution in [2.24, 2.45) is 0 Å². The second kappa shape index (κ2) is 37.5. The Bertz CT molecular complexity index is 5790. The van der Waals surface area contributed by atoms with Gasteiger partial charge in [-0.15, -0.1) is 0 Å². The number of piperidine rings is 4. The predicted octanol–water partition coefficient (Wildman–Crippen LogP) is 15.9. The maximum atomic E-state index is 8.39. The quantitative estimate of drug-likeness (QED) is 0.0847. The third-order valence-corrected chi connectivity index (χ3v) is 27.4. The molecule has 638 valence electrons. The van der Waals surface area contributed by atoms with Gasteiger partial charge in [0.25, 0.3) is 0 Å². The summed E-state index contributed by atoms with van der Waals surface area (Å²) in [5.41, 5.74) is 20.8. The summed E-state index contributed by atoms with van der Waals surface area (Å²) in [6, 6.07) is 41.7. The Kier molecular flexibility index (Phi) is 22.6. The van der Waals surface area contributed by atoms with Crippen molar-refractivity contribution in [3.05, 3.63) is 214 Å². The number of fused-ring (bicyclic) bond motifs is 4. The summed E-state index contributed by atoms with van der Waals surface area (Å²) in [6.45, 7) is 14.7. The van der Waals surface area contributed by atoms with Crippen LogP contribution in [0.15, 0.2) is 146 Å². The van der Waals surface area contributed by atoms with Crippen LogP contribution in [0.1, 0.15) is 213 Å². The molecule has 8 fully saturated rings. The van der Waals surface area contributed by atoms with E-state index >= 15 is 0 Å². The van der Waals surface area contributed by atoms with Crippen molar-refractivity contribution >= 4 is 66.9 Å². The number of nitrogens with one attached hydrogen (secondary N) is 4. The maximum Gasteiger partial charge on any atom is 0.124 e. The van der Waals surface area contributed by atoms with Gasteiger partial charge in [-0.05, 0) is 255 Å². The fourth-order valence-corrected chi connectivity index (χ4v) is 20.2. The monoisotopic (exact) mass is 1640 g/mol. The first-order chi connectivity index (χ1) is 62.6. The van der Waals surface area contributed by atoms with Gasteiger partial charge in [0.05, 0.1) is 116 Å². The van der Waals surface area contributed by atoms with Gasteiger partial charge in [0.15, 0.2) is 0 Å². The number of para-hydroxylation sites is 4. The minimum absolute atomic E-state index is 0.0503. The van der Waals surface area contributed by atoms with Gasteiger partial charge in [0.1, 0.15) is 45.4 Å². The highest BCUT2D eigenvalue weighted by molar-refractivity contribution is 5.92. The van der Waals surface area contributed by atoms with E-state index in [-0.39, 0.29) is 36.3 Å². The van der Waals surface area contributed by atoms with E-state index in [4.69, 9.17) is 42.2 Å². The van der Waals surface area contributed by atoms with Crippen molar-refractivity contribution in [2.75, 3.05) is 181 Å². The van der Waals surface area contributed by atoms with Crippen LogP contribution in [-0.2, 0) is 6.42 Å². The molecule has 8 aliphatic rings. The highest BCUT2D eigenvalue weighted by atomic mass is 15.3. The SMILES string of the molecule is CCc1cccnc1[C@@H]1CCC[C@H](c2nc3c(N4CCN(C)CC4)cccc3[nH]2)N1C.[2H]C([2H])([2H])N1CCN(c2cccc3[nH]c([C@H]4CCC[C@@H](c5ncccc5C)N4C)nc23)CC1.[2H]C([2H])([2H])N1[C@@H](c2nc3c(N4CCN(C)CC4)cccc3[nH]2)CCC[C@H]1c1ncccc1C.[2H]C([2H])([2H])c1cccnc1[C@@H]1CCC[C@H](c2nc3c(N4CCN(C)CC4)cccc3[nH]2)N1C. The number of aromatic nitrogens is 12. The summed E-state index contributed by atoms with van der Waals surface area (Å²) in [5.74, 6) is 3.78. The van der Waals surface area contributed by atoms with Gasteiger partial charge in [-0.25, -0.2) is 19.9 Å². The number of aromatic amines is 4. The molecule has 0 aliphatic carbocycles.